The van der Waals surface area contributed by atoms with Gasteiger partial charge in [0.25, 0.3) is 5.91 Å². The Hall–Kier alpha value is -4.73. The second-order valence-electron chi connectivity index (χ2n) is 10.4. The molecule has 6 rings (SSSR count). The molecular formula is C36H33N5O2S2. The van der Waals surface area contributed by atoms with Crippen LogP contribution >= 0.6 is 23.1 Å². The fourth-order valence-corrected chi connectivity index (χ4v) is 7.02. The Bertz CT molecular complexity index is 1790. The van der Waals surface area contributed by atoms with Crippen LogP contribution in [-0.4, -0.2) is 39.3 Å². The third-order valence-electron chi connectivity index (χ3n) is 7.46. The van der Waals surface area contributed by atoms with Gasteiger partial charge in [0.2, 0.25) is 0 Å². The van der Waals surface area contributed by atoms with E-state index in [1.54, 1.807) is 7.11 Å². The van der Waals surface area contributed by atoms with Crippen molar-refractivity contribution in [3.8, 4) is 11.4 Å². The van der Waals surface area contributed by atoms with Crippen LogP contribution in [0.2, 0.25) is 0 Å². The lowest BCUT2D eigenvalue weighted by atomic mass is 9.88. The number of thioether (sulfide) groups is 1. The zero-order valence-electron chi connectivity index (χ0n) is 24.9. The first-order valence-electron chi connectivity index (χ1n) is 14.8. The van der Waals surface area contributed by atoms with Crippen LogP contribution in [0.4, 0.5) is 0 Å². The number of benzene rings is 4. The number of rotatable bonds is 13. The van der Waals surface area contributed by atoms with Crippen molar-refractivity contribution in [2.24, 2.45) is 0 Å². The van der Waals surface area contributed by atoms with Crippen molar-refractivity contribution >= 4 is 29.0 Å². The molecule has 0 atom stereocenters. The molecule has 0 saturated carbocycles. The Morgan fingerprint density at radius 3 is 2.20 bits per heavy atom. The van der Waals surface area contributed by atoms with Gasteiger partial charge in [-0.15, -0.1) is 21.5 Å². The summed E-state index contributed by atoms with van der Waals surface area (Å²) < 4.78 is 7.73. The number of aromatic nitrogens is 4. The van der Waals surface area contributed by atoms with Crippen LogP contribution in [-0.2, 0) is 12.2 Å². The van der Waals surface area contributed by atoms with E-state index in [1.807, 2.05) is 64.5 Å². The monoisotopic (exact) mass is 631 g/mol. The number of carbonyl (C=O) groups excluding carboxylic acids is 1. The maximum Gasteiger partial charge on any atom is 0.270 e. The van der Waals surface area contributed by atoms with Gasteiger partial charge in [-0.05, 0) is 35.2 Å². The molecule has 9 heteroatoms. The summed E-state index contributed by atoms with van der Waals surface area (Å²) in [4.78, 5) is 17.7. The van der Waals surface area contributed by atoms with Gasteiger partial charge in [-0.2, -0.15) is 0 Å². The second-order valence-corrected chi connectivity index (χ2v) is 12.3. The highest BCUT2D eigenvalue weighted by Crippen LogP contribution is 2.32. The number of thiazole rings is 1. The van der Waals surface area contributed by atoms with Crippen molar-refractivity contribution in [2.45, 2.75) is 29.7 Å². The van der Waals surface area contributed by atoms with Crippen LogP contribution in [0, 0.1) is 0 Å². The number of methoxy groups -OCH3 is 1. The number of hydrogen-bond acceptors (Lipinski definition) is 7. The van der Waals surface area contributed by atoms with Crippen LogP contribution in [0.25, 0.3) is 5.69 Å². The standard InChI is InChI=1S/C36H33N5O2S2/c1-43-32-20-12-11-19-31(32)41-33(23-26-13-5-2-6-14-26)39-40-36(41)45-25-34-38-30(24-44-34)35(42)37-22-21-29(27-15-7-3-8-16-27)28-17-9-4-10-18-28/h2-20,24,29H,21-23,25H2,1H3,(H,37,42). The Kier molecular flexibility index (Phi) is 9.99. The molecular weight excluding hydrogens is 599 g/mol. The first-order chi connectivity index (χ1) is 22.2. The molecule has 226 valence electrons. The van der Waals surface area contributed by atoms with Gasteiger partial charge in [0.05, 0.1) is 18.6 Å². The molecule has 0 aliphatic rings. The molecule has 6 aromatic rings. The van der Waals surface area contributed by atoms with Crippen LogP contribution in [0.1, 0.15) is 50.3 Å². The van der Waals surface area contributed by atoms with Crippen molar-refractivity contribution < 1.29 is 9.53 Å². The molecule has 0 fully saturated rings. The normalized spacial score (nSPS) is 11.1. The summed E-state index contributed by atoms with van der Waals surface area (Å²) in [7, 11) is 1.67. The smallest absolute Gasteiger partial charge is 0.270 e. The fourth-order valence-electron chi connectivity index (χ4n) is 5.27. The van der Waals surface area contributed by atoms with Crippen molar-refractivity contribution in [2.75, 3.05) is 13.7 Å². The van der Waals surface area contributed by atoms with Crippen LogP contribution in [0.3, 0.4) is 0 Å². The van der Waals surface area contributed by atoms with Crippen molar-refractivity contribution in [3.63, 3.8) is 0 Å². The van der Waals surface area contributed by atoms with Gasteiger partial charge in [0, 0.05) is 24.3 Å². The summed E-state index contributed by atoms with van der Waals surface area (Å²) in [6.07, 6.45) is 1.42. The highest BCUT2D eigenvalue weighted by Gasteiger charge is 2.20. The summed E-state index contributed by atoms with van der Waals surface area (Å²) in [5, 5.41) is 15.6. The number of para-hydroxylation sites is 2. The number of nitrogens with one attached hydrogen (secondary N) is 1. The van der Waals surface area contributed by atoms with E-state index in [-0.39, 0.29) is 11.8 Å². The zero-order valence-corrected chi connectivity index (χ0v) is 26.5. The van der Waals surface area contributed by atoms with E-state index < -0.39 is 0 Å². The maximum absolute atomic E-state index is 13.1. The van der Waals surface area contributed by atoms with Gasteiger partial charge in [-0.25, -0.2) is 4.98 Å². The minimum atomic E-state index is -0.162. The van der Waals surface area contributed by atoms with Gasteiger partial charge >= 0.3 is 0 Å². The summed E-state index contributed by atoms with van der Waals surface area (Å²) >= 11 is 3.01. The molecule has 0 bridgehead atoms. The molecule has 7 nitrogen and oxygen atoms in total. The number of ether oxygens (including phenoxy) is 1. The van der Waals surface area contributed by atoms with Gasteiger partial charge in [-0.3, -0.25) is 9.36 Å². The molecule has 0 aliphatic carbocycles. The van der Waals surface area contributed by atoms with Gasteiger partial charge in [0.1, 0.15) is 22.3 Å². The molecule has 0 radical (unpaired) electrons. The van der Waals surface area contributed by atoms with Crippen LogP contribution < -0.4 is 10.1 Å². The third-order valence-corrected chi connectivity index (χ3v) is 9.43. The SMILES string of the molecule is COc1ccccc1-n1c(Cc2ccccc2)nnc1SCc1nc(C(=O)NCCC(c2ccccc2)c2ccccc2)cs1. The highest BCUT2D eigenvalue weighted by molar-refractivity contribution is 7.98. The first-order valence-corrected chi connectivity index (χ1v) is 16.6. The summed E-state index contributed by atoms with van der Waals surface area (Å²) in [5.74, 6) is 2.15. The minimum absolute atomic E-state index is 0.162. The molecule has 0 aliphatic heterocycles. The Balaban J connectivity index is 1.12. The van der Waals surface area contributed by atoms with Crippen molar-refractivity contribution in [3.05, 3.63) is 154 Å². The summed E-state index contributed by atoms with van der Waals surface area (Å²) in [6.45, 7) is 0.543. The van der Waals surface area contributed by atoms with E-state index in [0.29, 0.717) is 24.4 Å². The predicted octanol–water partition coefficient (Wildman–Crippen LogP) is 7.57. The highest BCUT2D eigenvalue weighted by atomic mass is 32.2. The molecule has 4 aromatic carbocycles. The maximum atomic E-state index is 13.1. The number of nitrogens with zero attached hydrogens (tertiary/aromatic N) is 4. The first kappa shape index (κ1) is 30.3. The Morgan fingerprint density at radius 2 is 1.51 bits per heavy atom. The molecule has 1 amide bonds. The van der Waals surface area contributed by atoms with E-state index in [1.165, 1.54) is 34.2 Å². The van der Waals surface area contributed by atoms with E-state index in [0.717, 1.165) is 39.4 Å². The zero-order chi connectivity index (χ0) is 30.8. The lowest BCUT2D eigenvalue weighted by Crippen LogP contribution is -2.26. The number of hydrogen-bond donors (Lipinski definition) is 1. The average molecular weight is 632 g/mol. The topological polar surface area (TPSA) is 81.9 Å². The molecule has 2 heterocycles. The number of carbonyl (C=O) groups is 1. The van der Waals surface area contributed by atoms with E-state index in [9.17, 15) is 4.79 Å². The predicted molar refractivity (Wildman–Crippen MR) is 181 cm³/mol. The van der Waals surface area contributed by atoms with E-state index >= 15 is 0 Å². The van der Waals surface area contributed by atoms with Crippen molar-refractivity contribution in [1.82, 2.24) is 25.1 Å². The molecule has 0 unspecified atom stereocenters. The second kappa shape index (κ2) is 14.8. The lowest BCUT2D eigenvalue weighted by molar-refractivity contribution is 0.0948. The minimum Gasteiger partial charge on any atom is -0.495 e. The van der Waals surface area contributed by atoms with E-state index in [4.69, 9.17) is 4.74 Å². The molecule has 1 N–H and O–H groups in total. The summed E-state index contributed by atoms with van der Waals surface area (Å²) in [5.41, 5.74) is 4.93. The molecule has 0 spiro atoms. The van der Waals surface area contributed by atoms with Gasteiger partial charge in [0.15, 0.2) is 5.16 Å². The average Bonchev–Trinajstić information content (AvgIpc) is 3.74. The van der Waals surface area contributed by atoms with Gasteiger partial charge in [-0.1, -0.05) is 115 Å². The third kappa shape index (κ3) is 7.50. The summed E-state index contributed by atoms with van der Waals surface area (Å²) in [6, 6.07) is 38.9. The van der Waals surface area contributed by atoms with Crippen LogP contribution in [0.15, 0.2) is 126 Å². The van der Waals surface area contributed by atoms with Gasteiger partial charge < -0.3 is 10.1 Å². The van der Waals surface area contributed by atoms with Crippen LogP contribution in [0.5, 0.6) is 5.75 Å². The molecule has 2 aromatic heterocycles. The van der Waals surface area contributed by atoms with Crippen molar-refractivity contribution in [1.29, 1.82) is 0 Å². The number of amides is 1. The lowest BCUT2D eigenvalue weighted by Gasteiger charge is -2.18. The van der Waals surface area contributed by atoms with E-state index in [2.05, 4.69) is 81.2 Å². The molecule has 0 saturated heterocycles. The Labute approximate surface area is 271 Å². The quantitative estimate of drug-likeness (QED) is 0.133. The largest absolute Gasteiger partial charge is 0.495 e. The molecule has 45 heavy (non-hydrogen) atoms. The fraction of sp³-hybridized carbons (Fsp3) is 0.167. The Morgan fingerprint density at radius 1 is 0.867 bits per heavy atom.